The molecule has 2 atom stereocenters. The maximum absolute atomic E-state index is 5.27. The Morgan fingerprint density at radius 1 is 1.45 bits per heavy atom. The Labute approximate surface area is 68.0 Å². The zero-order valence-corrected chi connectivity index (χ0v) is 7.18. The Kier molecular flexibility index (Phi) is 1.67. The SMILES string of the molecule is PC1C=CC=C1c1ccco1. The molecule has 0 radical (unpaired) electrons. The average Bonchev–Trinajstić information content (AvgIpc) is 2.55. The van der Waals surface area contributed by atoms with Crippen molar-refractivity contribution in [2.24, 2.45) is 0 Å². The molecule has 0 aliphatic heterocycles. The Morgan fingerprint density at radius 2 is 2.36 bits per heavy atom. The molecule has 11 heavy (non-hydrogen) atoms. The molecule has 1 aliphatic carbocycles. The number of hydrogen-bond donors (Lipinski definition) is 0. The van der Waals surface area contributed by atoms with Gasteiger partial charge >= 0.3 is 0 Å². The van der Waals surface area contributed by atoms with Crippen LogP contribution in [-0.4, -0.2) is 5.66 Å². The van der Waals surface area contributed by atoms with Gasteiger partial charge in [0, 0.05) is 11.2 Å². The molecule has 1 aromatic heterocycles. The number of rotatable bonds is 1. The van der Waals surface area contributed by atoms with Crippen molar-refractivity contribution in [3.05, 3.63) is 42.4 Å². The van der Waals surface area contributed by atoms with Gasteiger partial charge in [0.15, 0.2) is 0 Å². The molecule has 0 N–H and O–H groups in total. The van der Waals surface area contributed by atoms with Gasteiger partial charge in [-0.2, -0.15) is 0 Å². The van der Waals surface area contributed by atoms with E-state index in [-0.39, 0.29) is 0 Å². The van der Waals surface area contributed by atoms with E-state index in [1.54, 1.807) is 6.26 Å². The quantitative estimate of drug-likeness (QED) is 0.581. The molecule has 56 valence electrons. The van der Waals surface area contributed by atoms with Gasteiger partial charge in [-0.25, -0.2) is 0 Å². The van der Waals surface area contributed by atoms with Crippen LogP contribution in [0.3, 0.4) is 0 Å². The molecule has 2 rings (SSSR count). The molecule has 1 aliphatic rings. The van der Waals surface area contributed by atoms with Crippen LogP contribution in [-0.2, 0) is 0 Å². The largest absolute Gasteiger partial charge is 0.465 e. The fourth-order valence-corrected chi connectivity index (χ4v) is 1.59. The lowest BCUT2D eigenvalue weighted by molar-refractivity contribution is 0.552. The summed E-state index contributed by atoms with van der Waals surface area (Å²) in [7, 11) is 2.76. The molecule has 1 aromatic rings. The predicted molar refractivity (Wildman–Crippen MR) is 49.3 cm³/mol. The van der Waals surface area contributed by atoms with Gasteiger partial charge in [-0.3, -0.25) is 0 Å². The first-order valence-electron chi connectivity index (χ1n) is 3.56. The van der Waals surface area contributed by atoms with Crippen molar-refractivity contribution in [1.82, 2.24) is 0 Å². The summed E-state index contributed by atoms with van der Waals surface area (Å²) in [4.78, 5) is 0. The summed E-state index contributed by atoms with van der Waals surface area (Å²) in [5.41, 5.74) is 1.65. The first-order chi connectivity index (χ1) is 5.38. The van der Waals surface area contributed by atoms with Gasteiger partial charge in [-0.15, -0.1) is 9.24 Å². The smallest absolute Gasteiger partial charge is 0.130 e. The van der Waals surface area contributed by atoms with Gasteiger partial charge in [0.25, 0.3) is 0 Å². The minimum absolute atomic E-state index is 0.418. The lowest BCUT2D eigenvalue weighted by Gasteiger charge is -2.02. The summed E-state index contributed by atoms with van der Waals surface area (Å²) in [6, 6.07) is 3.89. The van der Waals surface area contributed by atoms with Crippen molar-refractivity contribution in [3.63, 3.8) is 0 Å². The summed E-state index contributed by atoms with van der Waals surface area (Å²) < 4.78 is 5.27. The van der Waals surface area contributed by atoms with Crippen LogP contribution in [0.1, 0.15) is 5.76 Å². The van der Waals surface area contributed by atoms with Crippen LogP contribution in [0.2, 0.25) is 0 Å². The van der Waals surface area contributed by atoms with Crippen LogP contribution in [0.4, 0.5) is 0 Å². The highest BCUT2D eigenvalue weighted by atomic mass is 31.0. The van der Waals surface area contributed by atoms with Gasteiger partial charge in [-0.05, 0) is 12.1 Å². The van der Waals surface area contributed by atoms with Crippen LogP contribution in [0.5, 0.6) is 0 Å². The molecule has 0 saturated heterocycles. The third kappa shape index (κ3) is 1.17. The second-order valence-electron chi connectivity index (χ2n) is 2.51. The maximum atomic E-state index is 5.27. The summed E-state index contributed by atoms with van der Waals surface area (Å²) in [6.07, 6.45) is 7.96. The van der Waals surface area contributed by atoms with Crippen molar-refractivity contribution < 1.29 is 4.42 Å². The molecule has 0 fully saturated rings. The minimum atomic E-state index is 0.418. The van der Waals surface area contributed by atoms with Crippen molar-refractivity contribution in [2.75, 3.05) is 0 Å². The molecule has 0 aromatic carbocycles. The minimum Gasteiger partial charge on any atom is -0.465 e. The van der Waals surface area contributed by atoms with Gasteiger partial charge < -0.3 is 4.42 Å². The number of hydrogen-bond acceptors (Lipinski definition) is 1. The van der Waals surface area contributed by atoms with Crippen LogP contribution < -0.4 is 0 Å². The molecule has 0 saturated carbocycles. The predicted octanol–water partition coefficient (Wildman–Crippen LogP) is 2.48. The van der Waals surface area contributed by atoms with E-state index in [0.29, 0.717) is 5.66 Å². The molecule has 2 unspecified atom stereocenters. The Bertz CT molecular complexity index is 295. The Hall–Kier alpha value is -0.810. The van der Waals surface area contributed by atoms with Crippen LogP contribution in [0.25, 0.3) is 5.57 Å². The Morgan fingerprint density at radius 3 is 2.91 bits per heavy atom. The average molecular weight is 164 g/mol. The lowest BCUT2D eigenvalue weighted by Crippen LogP contribution is -1.91. The molecule has 1 heterocycles. The van der Waals surface area contributed by atoms with E-state index in [1.165, 1.54) is 5.57 Å². The number of furan rings is 1. The van der Waals surface area contributed by atoms with E-state index in [0.717, 1.165) is 5.76 Å². The summed E-state index contributed by atoms with van der Waals surface area (Å²) >= 11 is 0. The van der Waals surface area contributed by atoms with Gasteiger partial charge in [0.1, 0.15) is 5.76 Å². The highest BCUT2D eigenvalue weighted by Crippen LogP contribution is 2.29. The maximum Gasteiger partial charge on any atom is 0.130 e. The number of allylic oxidation sites excluding steroid dienone is 4. The van der Waals surface area contributed by atoms with Crippen molar-refractivity contribution >= 4 is 14.8 Å². The second kappa shape index (κ2) is 2.67. The molecule has 0 amide bonds. The first kappa shape index (κ1) is 6.87. The van der Waals surface area contributed by atoms with Gasteiger partial charge in [0.2, 0.25) is 0 Å². The molecule has 2 heteroatoms. The van der Waals surface area contributed by atoms with E-state index in [4.69, 9.17) is 4.42 Å². The van der Waals surface area contributed by atoms with Gasteiger partial charge in [0.05, 0.1) is 6.26 Å². The zero-order valence-electron chi connectivity index (χ0n) is 6.03. The van der Waals surface area contributed by atoms with Crippen molar-refractivity contribution in [1.29, 1.82) is 0 Å². The summed E-state index contributed by atoms with van der Waals surface area (Å²) in [6.45, 7) is 0. The third-order valence-corrected chi connectivity index (χ3v) is 2.34. The molecular formula is C9H9OP. The molecular weight excluding hydrogens is 155 g/mol. The summed E-state index contributed by atoms with van der Waals surface area (Å²) in [5.74, 6) is 0.968. The Balaban J connectivity index is 2.33. The molecule has 1 nitrogen and oxygen atoms in total. The van der Waals surface area contributed by atoms with Crippen LogP contribution in [0.15, 0.2) is 41.0 Å². The highest BCUT2D eigenvalue weighted by molar-refractivity contribution is 7.19. The van der Waals surface area contributed by atoms with E-state index in [1.807, 2.05) is 12.1 Å². The van der Waals surface area contributed by atoms with Crippen LogP contribution >= 0.6 is 9.24 Å². The van der Waals surface area contributed by atoms with E-state index in [9.17, 15) is 0 Å². The van der Waals surface area contributed by atoms with E-state index < -0.39 is 0 Å². The molecule has 0 spiro atoms. The van der Waals surface area contributed by atoms with E-state index in [2.05, 4.69) is 27.5 Å². The topological polar surface area (TPSA) is 13.1 Å². The molecule has 0 bridgehead atoms. The highest BCUT2D eigenvalue weighted by Gasteiger charge is 2.12. The fourth-order valence-electron chi connectivity index (χ4n) is 1.18. The first-order valence-corrected chi connectivity index (χ1v) is 4.22. The lowest BCUT2D eigenvalue weighted by atomic mass is 10.2. The monoisotopic (exact) mass is 164 g/mol. The summed E-state index contributed by atoms with van der Waals surface area (Å²) in [5, 5.41) is 0. The third-order valence-electron chi connectivity index (χ3n) is 1.76. The van der Waals surface area contributed by atoms with Crippen LogP contribution in [0, 0.1) is 0 Å². The van der Waals surface area contributed by atoms with E-state index >= 15 is 0 Å². The second-order valence-corrected chi connectivity index (χ2v) is 3.23. The van der Waals surface area contributed by atoms with Gasteiger partial charge in [-0.1, -0.05) is 18.2 Å². The standard InChI is InChI=1S/C9H9OP/c11-9-5-1-3-7(9)8-4-2-6-10-8/h1-6,9H,11H2. The van der Waals surface area contributed by atoms with Crippen molar-refractivity contribution in [3.8, 4) is 0 Å². The normalized spacial score (nSPS) is 22.3. The zero-order chi connectivity index (χ0) is 7.68. The fraction of sp³-hybridized carbons (Fsp3) is 0.111. The van der Waals surface area contributed by atoms with Crippen molar-refractivity contribution in [2.45, 2.75) is 5.66 Å².